The Morgan fingerprint density at radius 1 is 1.23 bits per heavy atom. The lowest BCUT2D eigenvalue weighted by Crippen LogP contribution is -1.97. The second-order valence-electron chi connectivity index (χ2n) is 3.98. The van der Waals surface area contributed by atoms with Gasteiger partial charge in [-0.05, 0) is 36.5 Å². The lowest BCUT2D eigenvalue weighted by Gasteiger charge is -2.13. The SMILES string of the molecule is [B]Cc1cc(C(C)C)cc(C)c1C. The second kappa shape index (κ2) is 4.00. The minimum Gasteiger partial charge on any atom is -0.0640 e. The van der Waals surface area contributed by atoms with Crippen LogP contribution in [0.2, 0.25) is 0 Å². The van der Waals surface area contributed by atoms with Crippen LogP contribution in [0.5, 0.6) is 0 Å². The Labute approximate surface area is 82.8 Å². The van der Waals surface area contributed by atoms with Crippen LogP contribution in [-0.4, -0.2) is 7.85 Å². The van der Waals surface area contributed by atoms with Crippen LogP contribution in [0.25, 0.3) is 0 Å². The van der Waals surface area contributed by atoms with E-state index in [4.69, 9.17) is 7.85 Å². The Kier molecular flexibility index (Phi) is 3.19. The maximum Gasteiger partial charge on any atom is 0.0716 e. The zero-order chi connectivity index (χ0) is 10.0. The Balaban J connectivity index is 3.22. The number of hydrogen-bond acceptors (Lipinski definition) is 0. The Morgan fingerprint density at radius 2 is 1.85 bits per heavy atom. The largest absolute Gasteiger partial charge is 0.0716 e. The van der Waals surface area contributed by atoms with Crippen molar-refractivity contribution in [1.29, 1.82) is 0 Å². The van der Waals surface area contributed by atoms with E-state index in [2.05, 4.69) is 39.8 Å². The molecule has 0 aliphatic carbocycles. The minimum absolute atomic E-state index is 0.588. The molecule has 0 N–H and O–H groups in total. The summed E-state index contributed by atoms with van der Waals surface area (Å²) in [6.07, 6.45) is 0.646. The van der Waals surface area contributed by atoms with Gasteiger partial charge in [0.05, 0.1) is 7.85 Å². The molecule has 2 radical (unpaired) electrons. The van der Waals surface area contributed by atoms with Gasteiger partial charge >= 0.3 is 0 Å². The molecule has 0 saturated carbocycles. The Hall–Kier alpha value is -0.715. The van der Waals surface area contributed by atoms with E-state index in [9.17, 15) is 0 Å². The van der Waals surface area contributed by atoms with E-state index >= 15 is 0 Å². The molecule has 0 atom stereocenters. The van der Waals surface area contributed by atoms with Crippen molar-refractivity contribution in [2.75, 3.05) is 0 Å². The van der Waals surface area contributed by atoms with Gasteiger partial charge in [0.25, 0.3) is 0 Å². The summed E-state index contributed by atoms with van der Waals surface area (Å²) in [5.41, 5.74) is 5.37. The van der Waals surface area contributed by atoms with Gasteiger partial charge in [0, 0.05) is 0 Å². The quantitative estimate of drug-likeness (QED) is 0.601. The first-order valence-electron chi connectivity index (χ1n) is 4.86. The Bertz CT molecular complexity index is 300. The first-order chi connectivity index (χ1) is 6.06. The minimum atomic E-state index is 0.588. The molecule has 0 unspecified atom stereocenters. The van der Waals surface area contributed by atoms with Gasteiger partial charge in [0.1, 0.15) is 0 Å². The molecule has 0 heterocycles. The standard InChI is InChI=1S/C12H17B/c1-8(2)11-5-9(3)10(4)12(6-11)7-13/h5-6,8H,7H2,1-4H3. The lowest BCUT2D eigenvalue weighted by molar-refractivity contribution is 0.861. The number of rotatable bonds is 2. The zero-order valence-electron chi connectivity index (χ0n) is 9.02. The van der Waals surface area contributed by atoms with Crippen LogP contribution < -0.4 is 0 Å². The van der Waals surface area contributed by atoms with Crippen molar-refractivity contribution in [2.45, 2.75) is 39.9 Å². The van der Waals surface area contributed by atoms with E-state index in [1.165, 1.54) is 22.3 Å². The van der Waals surface area contributed by atoms with Gasteiger partial charge in [0.2, 0.25) is 0 Å². The molecule has 1 aromatic rings. The van der Waals surface area contributed by atoms with Crippen LogP contribution in [-0.2, 0) is 6.32 Å². The summed E-state index contributed by atoms with van der Waals surface area (Å²) in [4.78, 5) is 0. The molecule has 1 rings (SSSR count). The maximum atomic E-state index is 5.69. The van der Waals surface area contributed by atoms with Gasteiger partial charge in [-0.1, -0.05) is 37.9 Å². The monoisotopic (exact) mass is 172 g/mol. The summed E-state index contributed by atoms with van der Waals surface area (Å²) >= 11 is 0. The molecule has 0 bridgehead atoms. The summed E-state index contributed by atoms with van der Waals surface area (Å²) in [5, 5.41) is 0. The summed E-state index contributed by atoms with van der Waals surface area (Å²) in [6, 6.07) is 4.49. The average molecular weight is 172 g/mol. The lowest BCUT2D eigenvalue weighted by atomic mass is 9.87. The van der Waals surface area contributed by atoms with Crippen LogP contribution in [0.3, 0.4) is 0 Å². The van der Waals surface area contributed by atoms with Crippen LogP contribution in [0.1, 0.15) is 42.0 Å². The van der Waals surface area contributed by atoms with Crippen LogP contribution in [0.4, 0.5) is 0 Å². The highest BCUT2D eigenvalue weighted by Gasteiger charge is 2.05. The molecular formula is C12H17B. The highest BCUT2D eigenvalue weighted by molar-refractivity contribution is 6.08. The third-order valence-electron chi connectivity index (χ3n) is 2.68. The maximum absolute atomic E-state index is 5.69. The number of hydrogen-bond donors (Lipinski definition) is 0. The highest BCUT2D eigenvalue weighted by atomic mass is 14.1. The van der Waals surface area contributed by atoms with Gasteiger partial charge in [-0.25, -0.2) is 0 Å². The number of aryl methyl sites for hydroxylation is 1. The molecule has 0 aliphatic rings. The van der Waals surface area contributed by atoms with Gasteiger partial charge in [-0.3, -0.25) is 0 Å². The van der Waals surface area contributed by atoms with Crippen molar-refractivity contribution in [3.8, 4) is 0 Å². The summed E-state index contributed by atoms with van der Waals surface area (Å²) in [7, 11) is 5.69. The molecule has 0 spiro atoms. The first-order valence-corrected chi connectivity index (χ1v) is 4.86. The van der Waals surface area contributed by atoms with Crippen molar-refractivity contribution >= 4 is 7.85 Å². The molecule has 1 heteroatoms. The Morgan fingerprint density at radius 3 is 2.31 bits per heavy atom. The average Bonchev–Trinajstić information content (AvgIpc) is 2.09. The normalized spacial score (nSPS) is 10.8. The fourth-order valence-corrected chi connectivity index (χ4v) is 1.51. The molecule has 0 nitrogen and oxygen atoms in total. The van der Waals surface area contributed by atoms with Crippen molar-refractivity contribution in [3.63, 3.8) is 0 Å². The fourth-order valence-electron chi connectivity index (χ4n) is 1.51. The van der Waals surface area contributed by atoms with Crippen LogP contribution in [0.15, 0.2) is 12.1 Å². The van der Waals surface area contributed by atoms with Gasteiger partial charge in [-0.15, -0.1) is 0 Å². The van der Waals surface area contributed by atoms with Gasteiger partial charge < -0.3 is 0 Å². The van der Waals surface area contributed by atoms with Crippen molar-refractivity contribution < 1.29 is 0 Å². The third kappa shape index (κ3) is 2.15. The summed E-state index contributed by atoms with van der Waals surface area (Å²) in [6.45, 7) is 8.72. The molecule has 68 valence electrons. The first kappa shape index (κ1) is 10.4. The second-order valence-corrected chi connectivity index (χ2v) is 3.98. The predicted molar refractivity (Wildman–Crippen MR) is 59.5 cm³/mol. The van der Waals surface area contributed by atoms with Crippen molar-refractivity contribution in [1.82, 2.24) is 0 Å². The van der Waals surface area contributed by atoms with E-state index in [-0.39, 0.29) is 0 Å². The van der Waals surface area contributed by atoms with E-state index in [0.717, 1.165) is 0 Å². The van der Waals surface area contributed by atoms with Crippen LogP contribution >= 0.6 is 0 Å². The molecule has 0 aliphatic heterocycles. The van der Waals surface area contributed by atoms with Crippen LogP contribution in [0, 0.1) is 13.8 Å². The summed E-state index contributed by atoms with van der Waals surface area (Å²) < 4.78 is 0. The van der Waals surface area contributed by atoms with Gasteiger partial charge in [-0.2, -0.15) is 0 Å². The summed E-state index contributed by atoms with van der Waals surface area (Å²) in [5.74, 6) is 0.588. The predicted octanol–water partition coefficient (Wildman–Crippen LogP) is 3.10. The smallest absolute Gasteiger partial charge is 0.0640 e. The molecule has 0 saturated heterocycles. The molecule has 13 heavy (non-hydrogen) atoms. The van der Waals surface area contributed by atoms with E-state index in [1.54, 1.807) is 0 Å². The van der Waals surface area contributed by atoms with E-state index < -0.39 is 0 Å². The van der Waals surface area contributed by atoms with Gasteiger partial charge in [0.15, 0.2) is 0 Å². The highest BCUT2D eigenvalue weighted by Crippen LogP contribution is 2.21. The topological polar surface area (TPSA) is 0 Å². The van der Waals surface area contributed by atoms with E-state index in [0.29, 0.717) is 12.2 Å². The van der Waals surface area contributed by atoms with Crippen molar-refractivity contribution in [2.24, 2.45) is 0 Å². The third-order valence-corrected chi connectivity index (χ3v) is 2.68. The zero-order valence-corrected chi connectivity index (χ0v) is 9.02. The molecule has 0 fully saturated rings. The van der Waals surface area contributed by atoms with Crippen molar-refractivity contribution in [3.05, 3.63) is 34.4 Å². The van der Waals surface area contributed by atoms with E-state index in [1.807, 2.05) is 0 Å². The molecule has 0 aromatic heterocycles. The molecule has 1 aromatic carbocycles. The number of benzene rings is 1. The molecular weight excluding hydrogens is 155 g/mol. The molecule has 0 amide bonds. The fraction of sp³-hybridized carbons (Fsp3) is 0.500.